The second-order valence-electron chi connectivity index (χ2n) is 7.64. The van der Waals surface area contributed by atoms with E-state index in [1.807, 2.05) is 27.8 Å². The summed E-state index contributed by atoms with van der Waals surface area (Å²) < 4.78 is 0. The fraction of sp³-hybridized carbons (Fsp3) is 0.611. The maximum Gasteiger partial charge on any atom is 0.139 e. The predicted octanol–water partition coefficient (Wildman–Crippen LogP) is 4.43. The molecule has 1 aromatic rings. The minimum Gasteiger partial charge on any atom is -0.374 e. The van der Waals surface area contributed by atoms with Crippen LogP contribution in [-0.2, 0) is 10.2 Å². The van der Waals surface area contributed by atoms with Crippen molar-refractivity contribution in [1.29, 1.82) is 0 Å². The first-order valence-corrected chi connectivity index (χ1v) is 7.37. The first-order chi connectivity index (χ1) is 9.01. The molecule has 0 unspecified atom stereocenters. The lowest BCUT2D eigenvalue weighted by Gasteiger charge is -2.24. The highest BCUT2D eigenvalue weighted by molar-refractivity contribution is 5.84. The van der Waals surface area contributed by atoms with Gasteiger partial charge in [0.1, 0.15) is 5.78 Å². The van der Waals surface area contributed by atoms with Gasteiger partial charge >= 0.3 is 0 Å². The van der Waals surface area contributed by atoms with Crippen LogP contribution in [0.1, 0.15) is 53.5 Å². The third-order valence-electron chi connectivity index (χ3n) is 3.68. The third kappa shape index (κ3) is 4.66. The summed E-state index contributed by atoms with van der Waals surface area (Å²) >= 11 is 0. The Kier molecular flexibility index (Phi) is 5.01. The second kappa shape index (κ2) is 5.99. The van der Waals surface area contributed by atoms with Gasteiger partial charge in [-0.25, -0.2) is 0 Å². The second-order valence-corrected chi connectivity index (χ2v) is 7.64. The number of carbonyl (C=O) groups excluding carboxylic acids is 1. The zero-order valence-corrected chi connectivity index (χ0v) is 14.1. The molecule has 2 nitrogen and oxygen atoms in total. The molecule has 0 atom stereocenters. The van der Waals surface area contributed by atoms with E-state index in [4.69, 9.17) is 0 Å². The van der Waals surface area contributed by atoms with Crippen LogP contribution in [-0.4, -0.2) is 19.4 Å². The standard InChI is InChI=1S/C18H29NO/c1-17(2,3)14-8-10-15(11-9-14)19(7)13-12-16(20)18(4,5)6/h8-11H,12-13H2,1-7H3. The number of Topliss-reactive ketones (excluding diaryl/α,β-unsaturated/α-hetero) is 1. The van der Waals surface area contributed by atoms with Gasteiger partial charge in [0.15, 0.2) is 0 Å². The monoisotopic (exact) mass is 275 g/mol. The number of hydrogen-bond acceptors (Lipinski definition) is 2. The Morgan fingerprint density at radius 3 is 1.90 bits per heavy atom. The van der Waals surface area contributed by atoms with Gasteiger partial charge in [0, 0.05) is 31.1 Å². The quantitative estimate of drug-likeness (QED) is 0.810. The average molecular weight is 275 g/mol. The Hall–Kier alpha value is -1.31. The molecule has 0 heterocycles. The lowest BCUT2D eigenvalue weighted by Crippen LogP contribution is -2.27. The van der Waals surface area contributed by atoms with Crippen LogP contribution in [0.2, 0.25) is 0 Å². The highest BCUT2D eigenvalue weighted by atomic mass is 16.1. The number of rotatable bonds is 4. The van der Waals surface area contributed by atoms with E-state index in [0.29, 0.717) is 12.2 Å². The van der Waals surface area contributed by atoms with E-state index in [0.717, 1.165) is 6.54 Å². The van der Waals surface area contributed by atoms with Crippen LogP contribution in [0, 0.1) is 5.41 Å². The molecule has 0 saturated heterocycles. The zero-order chi connectivity index (χ0) is 15.6. The lowest BCUT2D eigenvalue weighted by atomic mass is 9.87. The molecular formula is C18H29NO. The molecule has 112 valence electrons. The number of anilines is 1. The van der Waals surface area contributed by atoms with E-state index >= 15 is 0 Å². The van der Waals surface area contributed by atoms with Crippen LogP contribution in [0.25, 0.3) is 0 Å². The number of carbonyl (C=O) groups is 1. The van der Waals surface area contributed by atoms with Crippen molar-refractivity contribution >= 4 is 11.5 Å². The SMILES string of the molecule is CN(CCC(=O)C(C)(C)C)c1ccc(C(C)(C)C)cc1. The summed E-state index contributed by atoms with van der Waals surface area (Å²) in [5.41, 5.74) is 2.44. The molecule has 0 bridgehead atoms. The molecule has 1 rings (SSSR count). The van der Waals surface area contributed by atoms with E-state index < -0.39 is 0 Å². The molecule has 0 radical (unpaired) electrons. The molecule has 0 fully saturated rings. The maximum absolute atomic E-state index is 12.0. The Morgan fingerprint density at radius 1 is 1.00 bits per heavy atom. The predicted molar refractivity (Wildman–Crippen MR) is 87.5 cm³/mol. The first kappa shape index (κ1) is 16.7. The first-order valence-electron chi connectivity index (χ1n) is 7.37. The molecule has 0 aliphatic carbocycles. The Balaban J connectivity index is 2.65. The summed E-state index contributed by atoms with van der Waals surface area (Å²) in [5, 5.41) is 0. The molecule has 0 N–H and O–H groups in total. The topological polar surface area (TPSA) is 20.3 Å². The number of nitrogens with zero attached hydrogens (tertiary/aromatic N) is 1. The van der Waals surface area contributed by atoms with Gasteiger partial charge in [0.25, 0.3) is 0 Å². The molecule has 0 aliphatic heterocycles. The van der Waals surface area contributed by atoms with E-state index in [9.17, 15) is 4.79 Å². The van der Waals surface area contributed by atoms with E-state index in [2.05, 4.69) is 49.9 Å². The molecule has 0 saturated carbocycles. The maximum atomic E-state index is 12.0. The minimum atomic E-state index is -0.239. The molecule has 2 heteroatoms. The zero-order valence-electron chi connectivity index (χ0n) is 14.1. The van der Waals surface area contributed by atoms with Gasteiger partial charge in [0.05, 0.1) is 0 Å². The highest BCUT2D eigenvalue weighted by Crippen LogP contribution is 2.25. The Morgan fingerprint density at radius 2 is 1.50 bits per heavy atom. The van der Waals surface area contributed by atoms with Crippen molar-refractivity contribution < 1.29 is 4.79 Å². The van der Waals surface area contributed by atoms with Gasteiger partial charge in [-0.3, -0.25) is 4.79 Å². The number of hydrogen-bond donors (Lipinski definition) is 0. The van der Waals surface area contributed by atoms with Crippen LogP contribution in [0.15, 0.2) is 24.3 Å². The summed E-state index contributed by atoms with van der Waals surface area (Å²) in [7, 11) is 2.04. The highest BCUT2D eigenvalue weighted by Gasteiger charge is 2.21. The summed E-state index contributed by atoms with van der Waals surface area (Å²) in [6.07, 6.45) is 0.598. The van der Waals surface area contributed by atoms with Crippen LogP contribution in [0.4, 0.5) is 5.69 Å². The molecule has 1 aromatic carbocycles. The molecule has 0 aromatic heterocycles. The molecule has 20 heavy (non-hydrogen) atoms. The van der Waals surface area contributed by atoms with Gasteiger partial charge in [-0.05, 0) is 23.1 Å². The van der Waals surface area contributed by atoms with Gasteiger partial charge in [-0.1, -0.05) is 53.7 Å². The van der Waals surface area contributed by atoms with Crippen molar-refractivity contribution in [3.8, 4) is 0 Å². The minimum absolute atomic E-state index is 0.180. The molecule has 0 spiro atoms. The van der Waals surface area contributed by atoms with Crippen LogP contribution in [0.5, 0.6) is 0 Å². The largest absolute Gasteiger partial charge is 0.374 e. The van der Waals surface area contributed by atoms with Crippen molar-refractivity contribution in [2.24, 2.45) is 5.41 Å². The molecular weight excluding hydrogens is 246 g/mol. The van der Waals surface area contributed by atoms with Crippen LogP contribution < -0.4 is 4.90 Å². The smallest absolute Gasteiger partial charge is 0.139 e. The summed E-state index contributed by atoms with van der Waals surface area (Å²) in [5.74, 6) is 0.315. The van der Waals surface area contributed by atoms with Crippen LogP contribution in [0.3, 0.4) is 0 Å². The van der Waals surface area contributed by atoms with Gasteiger partial charge < -0.3 is 4.90 Å². The summed E-state index contributed by atoms with van der Waals surface area (Å²) in [4.78, 5) is 14.1. The van der Waals surface area contributed by atoms with Crippen LogP contribution >= 0.6 is 0 Å². The fourth-order valence-electron chi connectivity index (χ4n) is 1.99. The van der Waals surface area contributed by atoms with E-state index in [-0.39, 0.29) is 10.8 Å². The van der Waals surface area contributed by atoms with Crippen molar-refractivity contribution in [3.63, 3.8) is 0 Å². The van der Waals surface area contributed by atoms with E-state index in [1.165, 1.54) is 11.3 Å². The van der Waals surface area contributed by atoms with Gasteiger partial charge in [0.2, 0.25) is 0 Å². The Labute approximate surface area is 124 Å². The molecule has 0 amide bonds. The average Bonchev–Trinajstić information content (AvgIpc) is 2.33. The third-order valence-corrected chi connectivity index (χ3v) is 3.68. The van der Waals surface area contributed by atoms with Crippen molar-refractivity contribution in [1.82, 2.24) is 0 Å². The Bertz CT molecular complexity index is 446. The lowest BCUT2D eigenvalue weighted by molar-refractivity contribution is -0.126. The normalized spacial score (nSPS) is 12.3. The van der Waals surface area contributed by atoms with Gasteiger partial charge in [-0.15, -0.1) is 0 Å². The van der Waals surface area contributed by atoms with Crippen molar-refractivity contribution in [2.75, 3.05) is 18.5 Å². The fourth-order valence-corrected chi connectivity index (χ4v) is 1.99. The summed E-state index contributed by atoms with van der Waals surface area (Å²) in [6.45, 7) is 13.4. The van der Waals surface area contributed by atoms with Crippen molar-refractivity contribution in [2.45, 2.75) is 53.4 Å². The van der Waals surface area contributed by atoms with Crippen molar-refractivity contribution in [3.05, 3.63) is 29.8 Å². The number of benzene rings is 1. The van der Waals surface area contributed by atoms with E-state index in [1.54, 1.807) is 0 Å². The summed E-state index contributed by atoms with van der Waals surface area (Å²) in [6, 6.07) is 8.64. The number of ketones is 1. The van der Waals surface area contributed by atoms with Gasteiger partial charge in [-0.2, -0.15) is 0 Å². The molecule has 0 aliphatic rings.